The quantitative estimate of drug-likeness (QED) is 0.915. The van der Waals surface area contributed by atoms with Crippen LogP contribution in [-0.4, -0.2) is 13.1 Å². The van der Waals surface area contributed by atoms with E-state index in [1.165, 1.54) is 12.0 Å². The Kier molecular flexibility index (Phi) is 4.83. The lowest BCUT2D eigenvalue weighted by molar-refractivity contribution is 0.482. The van der Waals surface area contributed by atoms with E-state index in [1.54, 1.807) is 0 Å². The molecule has 19 heavy (non-hydrogen) atoms. The van der Waals surface area contributed by atoms with Gasteiger partial charge in [0.05, 0.1) is 0 Å². The van der Waals surface area contributed by atoms with Crippen LogP contribution in [0.4, 0.5) is 0 Å². The Morgan fingerprint density at radius 3 is 2.21 bits per heavy atom. The zero-order valence-electron chi connectivity index (χ0n) is 10.7. The molecule has 0 aromatic heterocycles. The van der Waals surface area contributed by atoms with Crippen molar-refractivity contribution in [2.45, 2.75) is 12.3 Å². The predicted octanol–water partition coefficient (Wildman–Crippen LogP) is 3.98. The van der Waals surface area contributed by atoms with Crippen molar-refractivity contribution in [1.82, 2.24) is 5.32 Å². The third kappa shape index (κ3) is 3.49. The topological polar surface area (TPSA) is 21.3 Å². The molecule has 0 radical (unpaired) electrons. The molecule has 0 aliphatic carbocycles. The van der Waals surface area contributed by atoms with E-state index in [0.717, 1.165) is 24.6 Å². The van der Waals surface area contributed by atoms with Crippen molar-refractivity contribution >= 4 is 12.4 Å². The second-order valence-corrected chi connectivity index (χ2v) is 4.67. The van der Waals surface area contributed by atoms with Crippen LogP contribution < -0.4 is 10.1 Å². The van der Waals surface area contributed by atoms with Gasteiger partial charge in [-0.25, -0.2) is 0 Å². The van der Waals surface area contributed by atoms with Gasteiger partial charge in [-0.05, 0) is 48.7 Å². The largest absolute Gasteiger partial charge is 0.457 e. The predicted molar refractivity (Wildman–Crippen MR) is 80.4 cm³/mol. The molecule has 2 aromatic rings. The van der Waals surface area contributed by atoms with E-state index in [2.05, 4.69) is 29.6 Å². The molecule has 1 N–H and O–H groups in total. The number of halogens is 1. The Morgan fingerprint density at radius 1 is 0.895 bits per heavy atom. The average molecular weight is 276 g/mol. The number of nitrogens with one attached hydrogen (secondary N) is 1. The lowest BCUT2D eigenvalue weighted by Crippen LogP contribution is -2.07. The van der Waals surface area contributed by atoms with Crippen LogP contribution in [0.15, 0.2) is 54.6 Å². The lowest BCUT2D eigenvalue weighted by atomic mass is 9.98. The van der Waals surface area contributed by atoms with Crippen molar-refractivity contribution in [3.63, 3.8) is 0 Å². The van der Waals surface area contributed by atoms with Crippen LogP contribution in [0, 0.1) is 0 Å². The van der Waals surface area contributed by atoms with Gasteiger partial charge in [0, 0.05) is 6.54 Å². The van der Waals surface area contributed by atoms with Gasteiger partial charge in [-0.15, -0.1) is 12.4 Å². The van der Waals surface area contributed by atoms with Gasteiger partial charge in [-0.2, -0.15) is 0 Å². The van der Waals surface area contributed by atoms with Gasteiger partial charge in [0.25, 0.3) is 0 Å². The Bertz CT molecular complexity index is 492. The van der Waals surface area contributed by atoms with Crippen LogP contribution in [0.25, 0.3) is 0 Å². The molecule has 1 saturated heterocycles. The summed E-state index contributed by atoms with van der Waals surface area (Å²) in [7, 11) is 0. The van der Waals surface area contributed by atoms with Crippen LogP contribution in [0.3, 0.4) is 0 Å². The molecule has 1 aliphatic heterocycles. The first-order valence-corrected chi connectivity index (χ1v) is 6.45. The summed E-state index contributed by atoms with van der Waals surface area (Å²) < 4.78 is 5.78. The average Bonchev–Trinajstić information content (AvgIpc) is 2.95. The maximum absolute atomic E-state index is 5.78. The van der Waals surface area contributed by atoms with Crippen molar-refractivity contribution in [3.05, 3.63) is 60.2 Å². The van der Waals surface area contributed by atoms with Crippen LogP contribution in [-0.2, 0) is 0 Å². The fraction of sp³-hybridized carbons (Fsp3) is 0.250. The summed E-state index contributed by atoms with van der Waals surface area (Å²) in [5.74, 6) is 2.44. The van der Waals surface area contributed by atoms with Gasteiger partial charge in [-0.3, -0.25) is 0 Å². The van der Waals surface area contributed by atoms with Gasteiger partial charge in [0.15, 0.2) is 0 Å². The summed E-state index contributed by atoms with van der Waals surface area (Å²) in [5, 5.41) is 3.39. The van der Waals surface area contributed by atoms with E-state index in [4.69, 9.17) is 4.74 Å². The Hall–Kier alpha value is -1.51. The molecule has 1 aliphatic rings. The molecule has 1 atom stereocenters. The van der Waals surface area contributed by atoms with E-state index in [9.17, 15) is 0 Å². The first-order valence-electron chi connectivity index (χ1n) is 6.45. The van der Waals surface area contributed by atoms with Crippen LogP contribution in [0.5, 0.6) is 11.5 Å². The SMILES string of the molecule is Cl.c1ccc(Oc2ccc(C3CCNC3)cc2)cc1. The summed E-state index contributed by atoms with van der Waals surface area (Å²) >= 11 is 0. The van der Waals surface area contributed by atoms with E-state index in [0.29, 0.717) is 5.92 Å². The number of para-hydroxylation sites is 1. The van der Waals surface area contributed by atoms with Crippen LogP contribution in [0.1, 0.15) is 17.9 Å². The van der Waals surface area contributed by atoms with Gasteiger partial charge in [0.1, 0.15) is 11.5 Å². The second-order valence-electron chi connectivity index (χ2n) is 4.67. The molecule has 1 unspecified atom stereocenters. The maximum atomic E-state index is 5.78. The van der Waals surface area contributed by atoms with Crippen molar-refractivity contribution in [1.29, 1.82) is 0 Å². The monoisotopic (exact) mass is 275 g/mol. The van der Waals surface area contributed by atoms with Gasteiger partial charge < -0.3 is 10.1 Å². The minimum atomic E-state index is 0. The molecule has 0 bridgehead atoms. The number of ether oxygens (including phenoxy) is 1. The van der Waals surface area contributed by atoms with E-state index in [1.807, 2.05) is 30.3 Å². The van der Waals surface area contributed by atoms with E-state index >= 15 is 0 Å². The number of rotatable bonds is 3. The Balaban J connectivity index is 0.00000133. The highest BCUT2D eigenvalue weighted by Gasteiger charge is 2.16. The molecule has 1 fully saturated rings. The highest BCUT2D eigenvalue weighted by atomic mass is 35.5. The van der Waals surface area contributed by atoms with Gasteiger partial charge in [-0.1, -0.05) is 30.3 Å². The second kappa shape index (κ2) is 6.60. The summed E-state index contributed by atoms with van der Waals surface area (Å²) in [6.45, 7) is 2.23. The maximum Gasteiger partial charge on any atom is 0.127 e. The zero-order chi connectivity index (χ0) is 12.2. The standard InChI is InChI=1S/C16H17NO.ClH/c1-2-4-15(5-3-1)18-16-8-6-13(7-9-16)14-10-11-17-12-14;/h1-9,14,17H,10-12H2;1H. The molecular formula is C16H18ClNO. The molecule has 2 aromatic carbocycles. The molecular weight excluding hydrogens is 258 g/mol. The van der Waals surface area contributed by atoms with E-state index < -0.39 is 0 Å². The Labute approximate surface area is 120 Å². The molecule has 1 heterocycles. The summed E-state index contributed by atoms with van der Waals surface area (Å²) in [6, 6.07) is 18.3. The Morgan fingerprint density at radius 2 is 1.58 bits per heavy atom. The molecule has 0 amide bonds. The third-order valence-corrected chi connectivity index (χ3v) is 3.39. The summed E-state index contributed by atoms with van der Waals surface area (Å²) in [6.07, 6.45) is 1.24. The van der Waals surface area contributed by atoms with Gasteiger partial charge in [0.2, 0.25) is 0 Å². The number of hydrogen-bond donors (Lipinski definition) is 1. The molecule has 100 valence electrons. The highest BCUT2D eigenvalue weighted by molar-refractivity contribution is 5.85. The van der Waals surface area contributed by atoms with Crippen molar-refractivity contribution in [2.24, 2.45) is 0 Å². The highest BCUT2D eigenvalue weighted by Crippen LogP contribution is 2.26. The molecule has 0 saturated carbocycles. The smallest absolute Gasteiger partial charge is 0.127 e. The van der Waals surface area contributed by atoms with Crippen molar-refractivity contribution < 1.29 is 4.74 Å². The molecule has 3 rings (SSSR count). The first kappa shape index (κ1) is 13.9. The van der Waals surface area contributed by atoms with Crippen molar-refractivity contribution in [2.75, 3.05) is 13.1 Å². The van der Waals surface area contributed by atoms with Crippen LogP contribution >= 0.6 is 12.4 Å². The summed E-state index contributed by atoms with van der Waals surface area (Å²) in [5.41, 5.74) is 1.40. The number of benzene rings is 2. The van der Waals surface area contributed by atoms with Gasteiger partial charge >= 0.3 is 0 Å². The first-order chi connectivity index (χ1) is 8.92. The molecule has 3 heteroatoms. The summed E-state index contributed by atoms with van der Waals surface area (Å²) in [4.78, 5) is 0. The molecule has 2 nitrogen and oxygen atoms in total. The fourth-order valence-electron chi connectivity index (χ4n) is 2.37. The zero-order valence-corrected chi connectivity index (χ0v) is 11.5. The normalized spacial score (nSPS) is 17.8. The fourth-order valence-corrected chi connectivity index (χ4v) is 2.37. The third-order valence-electron chi connectivity index (χ3n) is 3.39. The van der Waals surface area contributed by atoms with Crippen molar-refractivity contribution in [3.8, 4) is 11.5 Å². The minimum Gasteiger partial charge on any atom is -0.457 e. The number of hydrogen-bond acceptors (Lipinski definition) is 2. The lowest BCUT2D eigenvalue weighted by Gasteiger charge is -2.10. The van der Waals surface area contributed by atoms with E-state index in [-0.39, 0.29) is 12.4 Å². The minimum absolute atomic E-state index is 0. The molecule has 0 spiro atoms. The van der Waals surface area contributed by atoms with Crippen LogP contribution in [0.2, 0.25) is 0 Å².